The first-order chi connectivity index (χ1) is 8.28. The minimum Gasteiger partial charge on any atom is -0.116 e. The van der Waals surface area contributed by atoms with Crippen LogP contribution in [-0.2, 0) is 0 Å². The van der Waals surface area contributed by atoms with Crippen LogP contribution in [0.1, 0.15) is 91.9 Å². The molecule has 0 amide bonds. The fraction of sp³-hybridized carbons (Fsp3) is 1.00. The fourth-order valence-electron chi connectivity index (χ4n) is 2.55. The number of hydrogen-bond donors (Lipinski definition) is 0. The largest absolute Gasteiger partial charge is 0.116 e. The highest BCUT2D eigenvalue weighted by Gasteiger charge is 2.14. The van der Waals surface area contributed by atoms with Crippen LogP contribution >= 0.6 is 8.58 Å². The van der Waals surface area contributed by atoms with Gasteiger partial charge in [0.15, 0.2) is 0 Å². The molecule has 104 valence electrons. The van der Waals surface area contributed by atoms with E-state index in [9.17, 15) is 0 Å². The molecule has 17 heavy (non-hydrogen) atoms. The predicted octanol–water partition coefficient (Wildman–Crippen LogP) is 6.38. The molecule has 0 fully saturated rings. The second kappa shape index (κ2) is 12.9. The Balaban J connectivity index is 4.02. The molecule has 0 heterocycles. The zero-order chi connectivity index (χ0) is 12.9. The van der Waals surface area contributed by atoms with Gasteiger partial charge in [-0.1, -0.05) is 66.2 Å². The molecule has 0 radical (unpaired) electrons. The van der Waals surface area contributed by atoms with Gasteiger partial charge in [-0.05, 0) is 37.0 Å². The van der Waals surface area contributed by atoms with Crippen molar-refractivity contribution in [1.82, 2.24) is 0 Å². The summed E-state index contributed by atoms with van der Waals surface area (Å²) in [5, 5.41) is 0. The van der Waals surface area contributed by atoms with E-state index in [2.05, 4.69) is 27.7 Å². The molecule has 1 heteroatoms. The molecule has 0 aromatic heterocycles. The molecule has 0 aliphatic rings. The van der Waals surface area contributed by atoms with Crippen molar-refractivity contribution >= 4 is 8.58 Å². The number of rotatable bonds is 12. The molecule has 0 bridgehead atoms. The van der Waals surface area contributed by atoms with Gasteiger partial charge < -0.3 is 0 Å². The normalized spacial score (nSPS) is 15.5. The van der Waals surface area contributed by atoms with Gasteiger partial charge in [-0.2, -0.15) is 0 Å². The van der Waals surface area contributed by atoms with E-state index in [-0.39, 0.29) is 0 Å². The van der Waals surface area contributed by atoms with Gasteiger partial charge in [0.05, 0.1) is 0 Å². The van der Waals surface area contributed by atoms with Gasteiger partial charge in [0.2, 0.25) is 0 Å². The van der Waals surface area contributed by atoms with Crippen molar-refractivity contribution in [3.05, 3.63) is 0 Å². The quantitative estimate of drug-likeness (QED) is 0.356. The van der Waals surface area contributed by atoms with Gasteiger partial charge in [0.25, 0.3) is 0 Å². The van der Waals surface area contributed by atoms with Gasteiger partial charge in [0.1, 0.15) is 0 Å². The summed E-state index contributed by atoms with van der Waals surface area (Å²) in [5.41, 5.74) is 2.10. The molecule has 0 nitrogen and oxygen atoms in total. The van der Waals surface area contributed by atoms with Crippen LogP contribution in [0, 0.1) is 0 Å². The molecule has 0 aliphatic heterocycles. The fourth-order valence-corrected chi connectivity index (χ4v) is 4.87. The minimum absolute atomic E-state index is 1.05. The summed E-state index contributed by atoms with van der Waals surface area (Å²) < 4.78 is 0. The molecule has 0 rings (SSSR count). The van der Waals surface area contributed by atoms with E-state index in [0.29, 0.717) is 0 Å². The highest BCUT2D eigenvalue weighted by molar-refractivity contribution is 7.39. The maximum atomic E-state index is 2.35. The van der Waals surface area contributed by atoms with Crippen LogP contribution in [0.25, 0.3) is 0 Å². The third kappa shape index (κ3) is 10.1. The Kier molecular flexibility index (Phi) is 13.2. The maximum absolute atomic E-state index is 2.35. The van der Waals surface area contributed by atoms with Crippen molar-refractivity contribution in [2.24, 2.45) is 0 Å². The first kappa shape index (κ1) is 17.4. The Hall–Kier alpha value is 0.430. The predicted molar refractivity (Wildman–Crippen MR) is 84.8 cm³/mol. The molecule has 0 saturated carbocycles. The highest BCUT2D eigenvalue weighted by Crippen LogP contribution is 2.37. The van der Waals surface area contributed by atoms with Crippen LogP contribution in [0.5, 0.6) is 0 Å². The van der Waals surface area contributed by atoms with Gasteiger partial charge >= 0.3 is 0 Å². The van der Waals surface area contributed by atoms with Crippen LogP contribution in [0.2, 0.25) is 0 Å². The molecule has 0 spiro atoms. The number of unbranched alkanes of at least 4 members (excludes halogenated alkanes) is 2. The van der Waals surface area contributed by atoms with Crippen LogP contribution in [-0.4, -0.2) is 11.3 Å². The summed E-state index contributed by atoms with van der Waals surface area (Å²) in [6.45, 7) is 9.36. The van der Waals surface area contributed by atoms with Crippen molar-refractivity contribution < 1.29 is 0 Å². The molecule has 0 N–H and O–H groups in total. The van der Waals surface area contributed by atoms with E-state index in [4.69, 9.17) is 0 Å². The van der Waals surface area contributed by atoms with Gasteiger partial charge in [-0.15, -0.1) is 8.58 Å². The van der Waals surface area contributed by atoms with Crippen molar-refractivity contribution in [1.29, 1.82) is 0 Å². The first-order valence-corrected chi connectivity index (χ1v) is 9.19. The Labute approximate surface area is 112 Å². The standard InChI is InChI=1S/C16H35P/c1-5-9-13-15(11-7-3)17-16(12-8-4)14-10-6-2/h15-17H,5-14H2,1-4H3. The van der Waals surface area contributed by atoms with Crippen molar-refractivity contribution in [2.75, 3.05) is 0 Å². The third-order valence-corrected chi connectivity index (χ3v) is 5.66. The topological polar surface area (TPSA) is 0 Å². The molecular weight excluding hydrogens is 223 g/mol. The Morgan fingerprint density at radius 2 is 1.00 bits per heavy atom. The zero-order valence-electron chi connectivity index (χ0n) is 12.7. The lowest BCUT2D eigenvalue weighted by atomic mass is 10.1. The number of hydrogen-bond acceptors (Lipinski definition) is 0. The highest BCUT2D eigenvalue weighted by atomic mass is 31.1. The lowest BCUT2D eigenvalue weighted by molar-refractivity contribution is 0.605. The van der Waals surface area contributed by atoms with Gasteiger partial charge in [-0.3, -0.25) is 0 Å². The monoisotopic (exact) mass is 258 g/mol. The Morgan fingerprint density at radius 1 is 0.588 bits per heavy atom. The van der Waals surface area contributed by atoms with E-state index < -0.39 is 0 Å². The average Bonchev–Trinajstić information content (AvgIpc) is 2.33. The molecule has 2 atom stereocenters. The van der Waals surface area contributed by atoms with E-state index in [1.165, 1.54) is 72.8 Å². The molecule has 0 aromatic rings. The van der Waals surface area contributed by atoms with Gasteiger partial charge in [0, 0.05) is 0 Å². The van der Waals surface area contributed by atoms with E-state index in [0.717, 1.165) is 11.3 Å². The second-order valence-corrected chi connectivity index (χ2v) is 7.39. The van der Waals surface area contributed by atoms with Crippen molar-refractivity contribution in [3.63, 3.8) is 0 Å². The summed E-state index contributed by atoms with van der Waals surface area (Å²) >= 11 is 0. The smallest absolute Gasteiger partial charge is 0.0234 e. The summed E-state index contributed by atoms with van der Waals surface area (Å²) in [5.74, 6) is 0. The Morgan fingerprint density at radius 3 is 1.29 bits per heavy atom. The zero-order valence-corrected chi connectivity index (χ0v) is 13.7. The molecule has 0 aromatic carbocycles. The van der Waals surface area contributed by atoms with Crippen LogP contribution < -0.4 is 0 Å². The van der Waals surface area contributed by atoms with E-state index in [1.54, 1.807) is 0 Å². The molecular formula is C16H35P. The lowest BCUT2D eigenvalue weighted by Crippen LogP contribution is -2.09. The molecule has 2 unspecified atom stereocenters. The van der Waals surface area contributed by atoms with Crippen LogP contribution in [0.4, 0.5) is 0 Å². The second-order valence-electron chi connectivity index (χ2n) is 5.42. The molecule has 0 aliphatic carbocycles. The lowest BCUT2D eigenvalue weighted by Gasteiger charge is -2.23. The van der Waals surface area contributed by atoms with E-state index >= 15 is 0 Å². The van der Waals surface area contributed by atoms with Crippen molar-refractivity contribution in [2.45, 2.75) is 103 Å². The summed E-state index contributed by atoms with van der Waals surface area (Å²) in [7, 11) is 1.25. The van der Waals surface area contributed by atoms with Gasteiger partial charge in [-0.25, -0.2) is 0 Å². The summed E-state index contributed by atoms with van der Waals surface area (Å²) in [6, 6.07) is 0. The minimum atomic E-state index is 1.05. The maximum Gasteiger partial charge on any atom is -0.0234 e. The molecule has 0 saturated heterocycles. The SMILES string of the molecule is CCCCC(CCC)PC(CCC)CCCC. The summed E-state index contributed by atoms with van der Waals surface area (Å²) in [6.07, 6.45) is 14.4. The van der Waals surface area contributed by atoms with Crippen LogP contribution in [0.15, 0.2) is 0 Å². The van der Waals surface area contributed by atoms with Crippen molar-refractivity contribution in [3.8, 4) is 0 Å². The Bertz CT molecular complexity index is 128. The van der Waals surface area contributed by atoms with E-state index in [1.807, 2.05) is 0 Å². The average molecular weight is 258 g/mol. The third-order valence-electron chi connectivity index (χ3n) is 3.56. The van der Waals surface area contributed by atoms with Crippen LogP contribution in [0.3, 0.4) is 0 Å². The first-order valence-electron chi connectivity index (χ1n) is 8.04. The summed E-state index contributed by atoms with van der Waals surface area (Å²) in [4.78, 5) is 0.